The molecule has 0 saturated heterocycles. The van der Waals surface area contributed by atoms with Crippen LogP contribution in [0.2, 0.25) is 5.02 Å². The Bertz CT molecular complexity index is 1200. The first kappa shape index (κ1) is 28.0. The number of nitrogens with one attached hydrogen (secondary N) is 1. The van der Waals surface area contributed by atoms with Crippen molar-refractivity contribution >= 4 is 41.1 Å². The minimum absolute atomic E-state index is 0.0967. The summed E-state index contributed by atoms with van der Waals surface area (Å²) in [5.74, 6) is -1.31. The lowest BCUT2D eigenvalue weighted by Gasteiger charge is -2.34. The molecular formula is C25H30ClFN5O5+. The van der Waals surface area contributed by atoms with Crippen molar-refractivity contribution in [1.82, 2.24) is 0 Å². The number of carbonyl (C=O) groups is 1. The van der Waals surface area contributed by atoms with Gasteiger partial charge in [0.15, 0.2) is 6.67 Å². The van der Waals surface area contributed by atoms with Crippen molar-refractivity contribution in [3.8, 4) is 0 Å². The van der Waals surface area contributed by atoms with E-state index in [1.54, 1.807) is 38.5 Å². The van der Waals surface area contributed by atoms with Gasteiger partial charge in [0.1, 0.15) is 23.7 Å². The molecule has 2 aliphatic rings. The number of aliphatic carboxylic acids is 1. The Morgan fingerprint density at radius 2 is 2.16 bits per heavy atom. The summed E-state index contributed by atoms with van der Waals surface area (Å²) in [5.41, 5.74) is 12.2. The fourth-order valence-electron chi connectivity index (χ4n) is 4.32. The van der Waals surface area contributed by atoms with Crippen LogP contribution in [0.3, 0.4) is 0 Å². The molecule has 0 saturated carbocycles. The maximum Gasteiger partial charge on any atom is 0.338 e. The molecule has 0 amide bonds. The van der Waals surface area contributed by atoms with Crippen LogP contribution in [-0.2, 0) is 19.0 Å². The lowest BCUT2D eigenvalue weighted by Crippen LogP contribution is -2.38. The van der Waals surface area contributed by atoms with E-state index in [9.17, 15) is 9.18 Å². The van der Waals surface area contributed by atoms with Gasteiger partial charge in [0.2, 0.25) is 5.84 Å². The molecule has 6 N–H and O–H groups in total. The van der Waals surface area contributed by atoms with E-state index in [0.717, 1.165) is 12.4 Å². The van der Waals surface area contributed by atoms with Crippen molar-refractivity contribution in [2.24, 2.45) is 22.4 Å². The summed E-state index contributed by atoms with van der Waals surface area (Å²) in [6.45, 7) is -0.897. The van der Waals surface area contributed by atoms with Gasteiger partial charge >= 0.3 is 5.97 Å². The number of nitrogens with zero attached hydrogens (tertiary/aromatic N) is 2. The molecule has 1 aromatic carbocycles. The largest absolute Gasteiger partial charge is 0.498 e. The van der Waals surface area contributed by atoms with E-state index in [2.05, 4.69) is 4.99 Å². The van der Waals surface area contributed by atoms with Crippen molar-refractivity contribution in [2.75, 3.05) is 27.4 Å². The Balaban J connectivity index is 2.08. The van der Waals surface area contributed by atoms with Crippen LogP contribution < -0.4 is 11.5 Å². The maximum atomic E-state index is 13.8. The quantitative estimate of drug-likeness (QED) is 0.164. The first-order valence-corrected chi connectivity index (χ1v) is 11.8. The highest BCUT2D eigenvalue weighted by Crippen LogP contribution is 2.43. The fraction of sp³-hybridized carbons (Fsp3) is 0.360. The molecular weight excluding hydrogens is 505 g/mol. The Labute approximate surface area is 218 Å². The number of ether oxygens (including phenoxy) is 3. The normalized spacial score (nSPS) is 25.5. The number of halogens is 2. The Morgan fingerprint density at radius 3 is 2.78 bits per heavy atom. The number of benzene rings is 1. The molecule has 0 spiro atoms. The molecule has 2 unspecified atom stereocenters. The smallest absolute Gasteiger partial charge is 0.338 e. The summed E-state index contributed by atoms with van der Waals surface area (Å²) in [4.78, 5) is 15.3. The number of methoxy groups -OCH3 is 2. The SMILES string of the molecule is COC1=CC=CC([C@H]2O[C@H](CCN=CC(=CN)C(=O)O)C(=N)[N+](=C(N)CF)c3ccc(Cl)cc32)C1OC. The molecule has 4 atom stereocenters. The van der Waals surface area contributed by atoms with Crippen molar-refractivity contribution in [1.29, 1.82) is 5.41 Å². The minimum atomic E-state index is -1.22. The third-order valence-electron chi connectivity index (χ3n) is 6.06. The third-order valence-corrected chi connectivity index (χ3v) is 6.29. The van der Waals surface area contributed by atoms with Crippen LogP contribution in [-0.4, -0.2) is 73.2 Å². The van der Waals surface area contributed by atoms with Crippen LogP contribution >= 0.6 is 11.6 Å². The average Bonchev–Trinajstić information content (AvgIpc) is 3.01. The molecule has 1 aliphatic carbocycles. The minimum Gasteiger partial charge on any atom is -0.498 e. The van der Waals surface area contributed by atoms with Gasteiger partial charge in [-0.2, -0.15) is 9.98 Å². The number of hydrogen-bond acceptors (Lipinski definition) is 7. The third kappa shape index (κ3) is 6.07. The zero-order chi connectivity index (χ0) is 27.1. The van der Waals surface area contributed by atoms with Gasteiger partial charge in [0, 0.05) is 49.0 Å². The molecule has 1 aromatic rings. The second-order valence-corrected chi connectivity index (χ2v) is 8.67. The van der Waals surface area contributed by atoms with Gasteiger partial charge in [-0.05, 0) is 24.3 Å². The summed E-state index contributed by atoms with van der Waals surface area (Å²) in [6, 6.07) is 4.99. The Morgan fingerprint density at radius 1 is 1.41 bits per heavy atom. The molecule has 12 heteroatoms. The zero-order valence-corrected chi connectivity index (χ0v) is 21.2. The molecule has 0 radical (unpaired) electrons. The van der Waals surface area contributed by atoms with E-state index < -0.39 is 36.9 Å². The molecule has 10 nitrogen and oxygen atoms in total. The predicted molar refractivity (Wildman–Crippen MR) is 138 cm³/mol. The van der Waals surface area contributed by atoms with Crippen molar-refractivity contribution in [2.45, 2.75) is 24.7 Å². The summed E-state index contributed by atoms with van der Waals surface area (Å²) in [7, 11) is 3.10. The summed E-state index contributed by atoms with van der Waals surface area (Å²) in [6.07, 6.45) is 5.67. The van der Waals surface area contributed by atoms with Gasteiger partial charge in [0.25, 0.3) is 5.84 Å². The highest BCUT2D eigenvalue weighted by atomic mass is 35.5. The number of amidine groups is 2. The van der Waals surface area contributed by atoms with Gasteiger partial charge < -0.3 is 30.8 Å². The molecule has 3 rings (SSSR count). The van der Waals surface area contributed by atoms with Crippen LogP contribution in [0.4, 0.5) is 10.1 Å². The molecule has 1 heterocycles. The number of fused-ring (bicyclic) bond motifs is 1. The number of carboxylic acids is 1. The summed E-state index contributed by atoms with van der Waals surface area (Å²) in [5, 5.41) is 18.4. The Hall–Kier alpha value is -3.54. The van der Waals surface area contributed by atoms with E-state index in [-0.39, 0.29) is 30.2 Å². The van der Waals surface area contributed by atoms with Crippen LogP contribution in [0.5, 0.6) is 0 Å². The lowest BCUT2D eigenvalue weighted by atomic mass is 9.86. The molecule has 198 valence electrons. The van der Waals surface area contributed by atoms with E-state index in [0.29, 0.717) is 22.0 Å². The molecule has 1 aliphatic heterocycles. The fourth-order valence-corrected chi connectivity index (χ4v) is 4.50. The number of allylic oxidation sites excluding steroid dienone is 2. The first-order valence-electron chi connectivity index (χ1n) is 11.4. The maximum absolute atomic E-state index is 13.8. The highest BCUT2D eigenvalue weighted by molar-refractivity contribution is 6.30. The van der Waals surface area contributed by atoms with Crippen LogP contribution in [0, 0.1) is 11.3 Å². The second kappa shape index (κ2) is 12.6. The van der Waals surface area contributed by atoms with Crippen molar-refractivity contribution in [3.63, 3.8) is 0 Å². The number of rotatable bonds is 9. The van der Waals surface area contributed by atoms with E-state index in [4.69, 9.17) is 47.8 Å². The molecule has 0 fully saturated rings. The van der Waals surface area contributed by atoms with Crippen molar-refractivity contribution in [3.05, 3.63) is 64.5 Å². The topological polar surface area (TPSA) is 156 Å². The number of carboxylic acid groups (broad SMARTS) is 1. The van der Waals surface area contributed by atoms with Crippen LogP contribution in [0.1, 0.15) is 18.1 Å². The Kier molecular flexibility index (Phi) is 9.56. The number of nitrogens with two attached hydrogens (primary N) is 2. The molecule has 0 bridgehead atoms. The molecule has 37 heavy (non-hydrogen) atoms. The van der Waals surface area contributed by atoms with Gasteiger partial charge in [0.05, 0.1) is 18.8 Å². The van der Waals surface area contributed by atoms with Gasteiger partial charge in [-0.25, -0.2) is 9.18 Å². The van der Waals surface area contributed by atoms with Gasteiger partial charge in [-0.3, -0.25) is 4.99 Å². The zero-order valence-electron chi connectivity index (χ0n) is 20.4. The average molecular weight is 535 g/mol. The van der Waals surface area contributed by atoms with Crippen molar-refractivity contribution < 1.29 is 33.1 Å². The van der Waals surface area contributed by atoms with E-state index >= 15 is 0 Å². The standard InChI is InChI=1S/C25H29ClFN5O5/c1-35-19-5-3-4-16(23(19)36-2)22-17-10-15(26)6-7-18(17)32(21(29)11-27)24(30)20(37-22)8-9-31-13-14(12-28)25(33)34/h3-7,10,12-13,16,20,22-23,29-30H,8-9,11H2,1-2H3,(H3,28,31,33,34)/p+1/t16?,20-,22-,23?/m1/s1. The van der Waals surface area contributed by atoms with Crippen LogP contribution in [0.25, 0.3) is 0 Å². The van der Waals surface area contributed by atoms with Crippen LogP contribution in [0.15, 0.2) is 59.0 Å². The lowest BCUT2D eigenvalue weighted by molar-refractivity contribution is -0.319. The first-order chi connectivity index (χ1) is 17.8. The predicted octanol–water partition coefficient (Wildman–Crippen LogP) is 2.85. The summed E-state index contributed by atoms with van der Waals surface area (Å²) >= 11 is 6.36. The number of aliphatic imine (C=N–C) groups is 1. The highest BCUT2D eigenvalue weighted by Gasteiger charge is 2.42. The second-order valence-electron chi connectivity index (χ2n) is 8.24. The molecule has 0 aromatic heterocycles. The number of alkyl halides is 1. The monoisotopic (exact) mass is 534 g/mol. The van der Waals surface area contributed by atoms with E-state index in [1.165, 1.54) is 4.58 Å². The van der Waals surface area contributed by atoms with E-state index in [1.807, 2.05) is 12.2 Å². The number of hydrogen-bond donors (Lipinski definition) is 4. The van der Waals surface area contributed by atoms with Gasteiger partial charge in [-0.1, -0.05) is 23.8 Å². The van der Waals surface area contributed by atoms with Gasteiger partial charge in [-0.15, -0.1) is 0 Å². The summed E-state index contributed by atoms with van der Waals surface area (Å²) < 4.78 is 32.9.